The van der Waals surface area contributed by atoms with E-state index in [1.807, 2.05) is 96.4 Å². The molecule has 2 aromatic heterocycles. The van der Waals surface area contributed by atoms with Crippen LogP contribution in [0.4, 0.5) is 0 Å². The molecule has 0 spiro atoms. The Hall–Kier alpha value is -4.73. The second kappa shape index (κ2) is 12.6. The van der Waals surface area contributed by atoms with Gasteiger partial charge in [0.15, 0.2) is 16.3 Å². The van der Waals surface area contributed by atoms with Crippen molar-refractivity contribution in [2.75, 3.05) is 13.7 Å². The molecule has 6 rings (SSSR count). The van der Waals surface area contributed by atoms with Crippen LogP contribution in [0.2, 0.25) is 0 Å². The standard InChI is InChI=1S/C34H28N2O5S2/c1-3-40-33(38)28-29(23-14-8-5-9-15-23)35-34-36(30(28)26-18-11-19-42-26)32(37)27(43-34)20-24-16-10-17-25(39-2)31(24)41-21-22-12-6-4-7-13-22/h4-20,30H,3,21H2,1-2H3/b27-20-/t30-/m0/s1. The molecule has 0 bridgehead atoms. The van der Waals surface area contributed by atoms with Gasteiger partial charge in [-0.2, -0.15) is 0 Å². The zero-order valence-corrected chi connectivity index (χ0v) is 25.2. The van der Waals surface area contributed by atoms with Gasteiger partial charge in [0, 0.05) is 16.0 Å². The molecule has 5 aromatic rings. The predicted octanol–water partition coefficient (Wildman–Crippen LogP) is 5.58. The van der Waals surface area contributed by atoms with Crippen molar-refractivity contribution in [1.29, 1.82) is 0 Å². The van der Waals surface area contributed by atoms with Crippen LogP contribution in [0.15, 0.2) is 112 Å². The van der Waals surface area contributed by atoms with E-state index in [9.17, 15) is 9.59 Å². The second-order valence-corrected chi connectivity index (χ2v) is 11.6. The number of thiazole rings is 1. The van der Waals surface area contributed by atoms with Gasteiger partial charge in [-0.05, 0) is 36.1 Å². The number of fused-ring (bicyclic) bond motifs is 1. The molecular weight excluding hydrogens is 581 g/mol. The van der Waals surface area contributed by atoms with Crippen LogP contribution in [0, 0.1) is 0 Å². The predicted molar refractivity (Wildman–Crippen MR) is 169 cm³/mol. The lowest BCUT2D eigenvalue weighted by atomic mass is 9.97. The van der Waals surface area contributed by atoms with Crippen molar-refractivity contribution >= 4 is 40.4 Å². The van der Waals surface area contributed by atoms with Gasteiger partial charge in [0.1, 0.15) is 12.6 Å². The zero-order valence-electron chi connectivity index (χ0n) is 23.6. The number of esters is 1. The first-order valence-corrected chi connectivity index (χ1v) is 15.4. The molecule has 0 aliphatic carbocycles. The first kappa shape index (κ1) is 28.4. The number of thiophene rings is 1. The highest BCUT2D eigenvalue weighted by atomic mass is 32.1. The van der Waals surface area contributed by atoms with Gasteiger partial charge in [0.2, 0.25) is 0 Å². The van der Waals surface area contributed by atoms with Crippen molar-refractivity contribution in [3.63, 3.8) is 0 Å². The lowest BCUT2D eigenvalue weighted by molar-refractivity contribution is -0.138. The molecule has 1 aliphatic heterocycles. The summed E-state index contributed by atoms with van der Waals surface area (Å²) in [5.41, 5.74) is 3.05. The van der Waals surface area contributed by atoms with Crippen LogP contribution in [0.25, 0.3) is 11.8 Å². The summed E-state index contributed by atoms with van der Waals surface area (Å²) in [5.74, 6) is 0.596. The van der Waals surface area contributed by atoms with Gasteiger partial charge in [0.25, 0.3) is 5.56 Å². The van der Waals surface area contributed by atoms with Gasteiger partial charge in [-0.25, -0.2) is 9.79 Å². The van der Waals surface area contributed by atoms with Gasteiger partial charge in [-0.1, -0.05) is 90.2 Å². The normalized spacial score (nSPS) is 14.7. The Morgan fingerprint density at radius 2 is 1.74 bits per heavy atom. The van der Waals surface area contributed by atoms with Crippen molar-refractivity contribution in [2.24, 2.45) is 4.99 Å². The molecule has 1 aliphatic rings. The second-order valence-electron chi connectivity index (χ2n) is 9.60. The van der Waals surface area contributed by atoms with Crippen molar-refractivity contribution in [2.45, 2.75) is 19.6 Å². The molecule has 0 unspecified atom stereocenters. The van der Waals surface area contributed by atoms with Crippen LogP contribution in [0.3, 0.4) is 0 Å². The number of ether oxygens (including phenoxy) is 3. The number of carbonyl (C=O) groups excluding carboxylic acids is 1. The van der Waals surface area contributed by atoms with Crippen LogP contribution >= 0.6 is 22.7 Å². The average Bonchev–Trinajstić information content (AvgIpc) is 3.69. The summed E-state index contributed by atoms with van der Waals surface area (Å²) in [6.07, 6.45) is 1.80. The Balaban J connectivity index is 1.54. The summed E-state index contributed by atoms with van der Waals surface area (Å²) in [4.78, 5) is 33.9. The number of methoxy groups -OCH3 is 1. The van der Waals surface area contributed by atoms with Gasteiger partial charge in [-0.3, -0.25) is 9.36 Å². The minimum atomic E-state index is -0.688. The highest BCUT2D eigenvalue weighted by Crippen LogP contribution is 2.37. The number of rotatable bonds is 9. The van der Waals surface area contributed by atoms with E-state index in [-0.39, 0.29) is 12.2 Å². The number of hydrogen-bond donors (Lipinski definition) is 0. The fourth-order valence-electron chi connectivity index (χ4n) is 4.99. The lowest BCUT2D eigenvalue weighted by Crippen LogP contribution is -2.39. The molecule has 1 atom stereocenters. The Kier molecular flexibility index (Phi) is 8.35. The van der Waals surface area contributed by atoms with E-state index in [0.29, 0.717) is 44.3 Å². The molecule has 0 fully saturated rings. The fourth-order valence-corrected chi connectivity index (χ4v) is 6.80. The summed E-state index contributed by atoms with van der Waals surface area (Å²) in [6.45, 7) is 2.31. The molecule has 0 N–H and O–H groups in total. The minimum absolute atomic E-state index is 0.202. The molecule has 7 nitrogen and oxygen atoms in total. The van der Waals surface area contributed by atoms with Crippen LogP contribution in [0.5, 0.6) is 11.5 Å². The monoisotopic (exact) mass is 608 g/mol. The van der Waals surface area contributed by atoms with E-state index >= 15 is 0 Å². The highest BCUT2D eigenvalue weighted by Gasteiger charge is 2.35. The zero-order chi connectivity index (χ0) is 29.8. The maximum atomic E-state index is 14.2. The largest absolute Gasteiger partial charge is 0.493 e. The van der Waals surface area contributed by atoms with Crippen LogP contribution in [0.1, 0.15) is 34.5 Å². The van der Waals surface area contributed by atoms with Crippen LogP contribution < -0.4 is 24.4 Å². The van der Waals surface area contributed by atoms with Gasteiger partial charge in [0.05, 0.1) is 29.5 Å². The van der Waals surface area contributed by atoms with E-state index in [1.54, 1.807) is 24.7 Å². The molecule has 0 saturated carbocycles. The number of benzene rings is 3. The lowest BCUT2D eigenvalue weighted by Gasteiger charge is -2.24. The van der Waals surface area contributed by atoms with Crippen LogP contribution in [-0.4, -0.2) is 24.3 Å². The molecule has 43 heavy (non-hydrogen) atoms. The third-order valence-corrected chi connectivity index (χ3v) is 8.84. The number of carbonyl (C=O) groups is 1. The van der Waals surface area contributed by atoms with Crippen LogP contribution in [-0.2, 0) is 16.1 Å². The maximum Gasteiger partial charge on any atom is 0.338 e. The van der Waals surface area contributed by atoms with Crippen molar-refractivity contribution in [3.05, 3.63) is 143 Å². The highest BCUT2D eigenvalue weighted by molar-refractivity contribution is 7.10. The van der Waals surface area contributed by atoms with E-state index in [1.165, 1.54) is 22.7 Å². The Labute approximate surface area is 256 Å². The molecule has 3 aromatic carbocycles. The summed E-state index contributed by atoms with van der Waals surface area (Å²) >= 11 is 2.75. The van der Waals surface area contributed by atoms with E-state index in [4.69, 9.17) is 19.2 Å². The number of aromatic nitrogens is 1. The Morgan fingerprint density at radius 3 is 2.44 bits per heavy atom. The van der Waals surface area contributed by atoms with E-state index in [0.717, 1.165) is 16.0 Å². The number of hydrogen-bond acceptors (Lipinski definition) is 8. The smallest absolute Gasteiger partial charge is 0.338 e. The number of para-hydroxylation sites is 1. The molecule has 0 radical (unpaired) electrons. The Morgan fingerprint density at radius 1 is 0.977 bits per heavy atom. The molecule has 3 heterocycles. The van der Waals surface area contributed by atoms with E-state index in [2.05, 4.69) is 0 Å². The van der Waals surface area contributed by atoms with Gasteiger partial charge in [-0.15, -0.1) is 11.3 Å². The molecule has 0 amide bonds. The van der Waals surface area contributed by atoms with Gasteiger partial charge >= 0.3 is 5.97 Å². The first-order chi connectivity index (χ1) is 21.1. The van der Waals surface area contributed by atoms with Crippen molar-refractivity contribution < 1.29 is 19.0 Å². The summed E-state index contributed by atoms with van der Waals surface area (Å²) in [6, 6.07) is 28.1. The molecule has 216 valence electrons. The fraction of sp³-hybridized carbons (Fsp3) is 0.147. The SMILES string of the molecule is CCOC(=O)C1=C(c2ccccc2)N=c2s/c(=C\c3cccc(OC)c3OCc3ccccc3)c(=O)n2[C@H]1c1cccs1. The van der Waals surface area contributed by atoms with Gasteiger partial charge < -0.3 is 14.2 Å². The molecular formula is C34H28N2O5S2. The summed E-state index contributed by atoms with van der Waals surface area (Å²) < 4.78 is 19.4. The van der Waals surface area contributed by atoms with E-state index < -0.39 is 12.0 Å². The topological polar surface area (TPSA) is 79.1 Å². The van der Waals surface area contributed by atoms with Crippen molar-refractivity contribution in [3.8, 4) is 11.5 Å². The maximum absolute atomic E-state index is 14.2. The summed E-state index contributed by atoms with van der Waals surface area (Å²) in [5, 5.41) is 1.93. The third-order valence-electron chi connectivity index (χ3n) is 6.93. The first-order valence-electron chi connectivity index (χ1n) is 13.7. The van der Waals surface area contributed by atoms with Crippen molar-refractivity contribution in [1.82, 2.24) is 4.57 Å². The molecule has 0 saturated heterocycles. The average molecular weight is 609 g/mol. The quantitative estimate of drug-likeness (QED) is 0.204. The number of nitrogens with zero attached hydrogens (tertiary/aromatic N) is 2. The molecule has 9 heteroatoms. The summed E-state index contributed by atoms with van der Waals surface area (Å²) in [7, 11) is 1.59. The Bertz CT molecular complexity index is 1960. The third kappa shape index (κ3) is 5.69. The minimum Gasteiger partial charge on any atom is -0.493 e.